The standard InChI is InChI=1S/C29H35ClN2O12/c1-14(33)29(44-17(4)36)23(13-40-15(2)34)43-26(25(38)27(29)41-16(3)35)20-11-22-18(10-21(20)30)9-19(28(39)42-22)12-31-24(37)7-8-32(5)6/h9-11,23,25-27,38H,7-8,12-13H2,1-6H3,(H,31,37)/t23-,25+,26+,27-,29-/m1/s1. The number of amides is 1. The third kappa shape index (κ3) is 7.80. The van der Waals surface area contributed by atoms with E-state index in [1.54, 1.807) is 0 Å². The molecule has 3 rings (SSSR count). The van der Waals surface area contributed by atoms with Crippen molar-refractivity contribution in [1.29, 1.82) is 0 Å². The van der Waals surface area contributed by atoms with Crippen LogP contribution in [0.2, 0.25) is 5.02 Å². The lowest BCUT2D eigenvalue weighted by Crippen LogP contribution is -2.70. The molecule has 0 saturated carbocycles. The van der Waals surface area contributed by atoms with Gasteiger partial charge in [-0.15, -0.1) is 0 Å². The number of halogens is 1. The second-order valence-corrected chi connectivity index (χ2v) is 11.0. The number of rotatable bonds is 11. The molecule has 2 aromatic rings. The zero-order valence-corrected chi connectivity index (χ0v) is 25.9. The van der Waals surface area contributed by atoms with E-state index >= 15 is 0 Å². The van der Waals surface area contributed by atoms with Gasteiger partial charge in [0.2, 0.25) is 11.5 Å². The summed E-state index contributed by atoms with van der Waals surface area (Å²) in [4.78, 5) is 75.7. The summed E-state index contributed by atoms with van der Waals surface area (Å²) in [6.07, 6.45) is -6.46. The first kappa shape index (κ1) is 34.6. The quantitative estimate of drug-likeness (QED) is 0.203. The van der Waals surface area contributed by atoms with Crippen LogP contribution in [0.5, 0.6) is 0 Å². The predicted molar refractivity (Wildman–Crippen MR) is 153 cm³/mol. The van der Waals surface area contributed by atoms with Crippen molar-refractivity contribution in [3.8, 4) is 0 Å². The number of esters is 3. The lowest BCUT2D eigenvalue weighted by molar-refractivity contribution is -0.279. The van der Waals surface area contributed by atoms with E-state index in [0.717, 1.165) is 27.7 Å². The molecule has 0 radical (unpaired) electrons. The minimum absolute atomic E-state index is 0.0204. The predicted octanol–water partition coefficient (Wildman–Crippen LogP) is 1.20. The van der Waals surface area contributed by atoms with Crippen LogP contribution in [-0.4, -0.2) is 90.8 Å². The summed E-state index contributed by atoms with van der Waals surface area (Å²) in [5.41, 5.74) is -2.87. The Bertz CT molecular complexity index is 1510. The van der Waals surface area contributed by atoms with Gasteiger partial charge in [0.1, 0.15) is 30.5 Å². The first-order chi connectivity index (χ1) is 20.6. The number of aliphatic hydroxyl groups excluding tert-OH is 1. The maximum Gasteiger partial charge on any atom is 0.341 e. The molecule has 15 heteroatoms. The molecule has 0 spiro atoms. The number of ketones is 1. The Morgan fingerprint density at radius 3 is 2.30 bits per heavy atom. The zero-order valence-electron chi connectivity index (χ0n) is 25.1. The number of benzene rings is 1. The van der Waals surface area contributed by atoms with Crippen LogP contribution in [0.1, 0.15) is 51.3 Å². The van der Waals surface area contributed by atoms with Gasteiger partial charge in [-0.25, -0.2) is 4.79 Å². The molecule has 2 heterocycles. The molecule has 0 aliphatic carbocycles. The molecule has 1 aromatic carbocycles. The van der Waals surface area contributed by atoms with E-state index in [4.69, 9.17) is 35.0 Å². The summed E-state index contributed by atoms with van der Waals surface area (Å²) in [6, 6.07) is 4.25. The van der Waals surface area contributed by atoms with Crippen LogP contribution in [0.15, 0.2) is 27.4 Å². The molecule has 1 aliphatic heterocycles. The van der Waals surface area contributed by atoms with Crippen LogP contribution in [0.4, 0.5) is 0 Å². The molecule has 44 heavy (non-hydrogen) atoms. The van der Waals surface area contributed by atoms with Crippen molar-refractivity contribution in [2.45, 2.75) is 70.7 Å². The normalized spacial score (nSPS) is 23.2. The summed E-state index contributed by atoms with van der Waals surface area (Å²) >= 11 is 6.61. The maximum absolute atomic E-state index is 13.1. The number of nitrogens with zero attached hydrogens (tertiary/aromatic N) is 1. The average molecular weight is 639 g/mol. The molecular weight excluding hydrogens is 604 g/mol. The van der Waals surface area contributed by atoms with Crippen molar-refractivity contribution < 1.29 is 52.4 Å². The number of aliphatic hydroxyl groups is 1. The first-order valence-electron chi connectivity index (χ1n) is 13.6. The van der Waals surface area contributed by atoms with Gasteiger partial charge in [-0.3, -0.25) is 24.0 Å². The molecule has 2 N–H and O–H groups in total. The number of Topliss-reactive ketones (excluding diaryl/α,β-unsaturated/α-hetero) is 1. The second kappa shape index (κ2) is 14.3. The van der Waals surface area contributed by atoms with Gasteiger partial charge in [-0.2, -0.15) is 0 Å². The smallest absolute Gasteiger partial charge is 0.341 e. The van der Waals surface area contributed by atoms with Gasteiger partial charge in [0.15, 0.2) is 11.9 Å². The van der Waals surface area contributed by atoms with Gasteiger partial charge in [0.25, 0.3) is 0 Å². The Balaban J connectivity index is 2.06. The largest absolute Gasteiger partial charge is 0.463 e. The Morgan fingerprint density at radius 1 is 1.05 bits per heavy atom. The van der Waals surface area contributed by atoms with Crippen LogP contribution in [-0.2, 0) is 49.5 Å². The van der Waals surface area contributed by atoms with E-state index in [1.807, 2.05) is 19.0 Å². The van der Waals surface area contributed by atoms with Gasteiger partial charge in [0, 0.05) is 56.3 Å². The Morgan fingerprint density at radius 2 is 1.73 bits per heavy atom. The number of hydrogen-bond acceptors (Lipinski definition) is 13. The number of ether oxygens (including phenoxy) is 4. The van der Waals surface area contributed by atoms with Crippen LogP contribution >= 0.6 is 11.6 Å². The summed E-state index contributed by atoms with van der Waals surface area (Å²) < 4.78 is 27.3. The lowest BCUT2D eigenvalue weighted by Gasteiger charge is -2.50. The van der Waals surface area contributed by atoms with Gasteiger partial charge in [-0.1, -0.05) is 11.6 Å². The molecule has 1 aromatic heterocycles. The molecule has 0 unspecified atom stereocenters. The third-order valence-electron chi connectivity index (χ3n) is 6.92. The minimum atomic E-state index is -2.40. The molecule has 14 nitrogen and oxygen atoms in total. The van der Waals surface area contributed by atoms with Gasteiger partial charge < -0.3 is 38.7 Å². The second-order valence-electron chi connectivity index (χ2n) is 10.6. The molecular formula is C29H35ClN2O12. The van der Waals surface area contributed by atoms with Crippen molar-refractivity contribution >= 4 is 52.2 Å². The van der Waals surface area contributed by atoms with Crippen LogP contribution < -0.4 is 10.9 Å². The highest BCUT2D eigenvalue weighted by atomic mass is 35.5. The van der Waals surface area contributed by atoms with E-state index < -0.39 is 65.9 Å². The molecule has 1 aliphatic rings. The van der Waals surface area contributed by atoms with E-state index in [-0.39, 0.29) is 40.6 Å². The topological polar surface area (TPSA) is 188 Å². The fraction of sp³-hybridized carbons (Fsp3) is 0.517. The van der Waals surface area contributed by atoms with Crippen molar-refractivity contribution in [1.82, 2.24) is 10.2 Å². The third-order valence-corrected chi connectivity index (χ3v) is 7.25. The first-order valence-corrected chi connectivity index (χ1v) is 14.0. The van der Waals surface area contributed by atoms with Gasteiger partial charge >= 0.3 is 23.5 Å². The summed E-state index contributed by atoms with van der Waals surface area (Å²) in [7, 11) is 3.66. The van der Waals surface area contributed by atoms with Crippen molar-refractivity contribution in [3.05, 3.63) is 44.8 Å². The highest BCUT2D eigenvalue weighted by Gasteiger charge is 2.64. The average Bonchev–Trinajstić information content (AvgIpc) is 2.91. The van der Waals surface area contributed by atoms with Gasteiger partial charge in [0.05, 0.1) is 5.56 Å². The highest BCUT2D eigenvalue weighted by molar-refractivity contribution is 6.32. The zero-order chi connectivity index (χ0) is 32.9. The summed E-state index contributed by atoms with van der Waals surface area (Å²) in [5, 5.41) is 14.5. The molecule has 1 saturated heterocycles. The number of fused-ring (bicyclic) bond motifs is 1. The summed E-state index contributed by atoms with van der Waals surface area (Å²) in [6.45, 7) is 3.98. The Labute approximate surface area is 257 Å². The lowest BCUT2D eigenvalue weighted by atomic mass is 9.77. The number of nitrogens with one attached hydrogen (secondary N) is 1. The van der Waals surface area contributed by atoms with Crippen LogP contribution in [0.25, 0.3) is 11.0 Å². The Kier molecular flexibility index (Phi) is 11.2. The number of carbonyl (C=O) groups is 5. The molecule has 1 fully saturated rings. The van der Waals surface area contributed by atoms with Crippen molar-refractivity contribution in [2.24, 2.45) is 0 Å². The van der Waals surface area contributed by atoms with E-state index in [0.29, 0.717) is 11.9 Å². The molecule has 240 valence electrons. The van der Waals surface area contributed by atoms with Crippen LogP contribution in [0.3, 0.4) is 0 Å². The van der Waals surface area contributed by atoms with E-state index in [1.165, 1.54) is 18.2 Å². The fourth-order valence-electron chi connectivity index (χ4n) is 4.91. The summed E-state index contributed by atoms with van der Waals surface area (Å²) in [5.74, 6) is -3.75. The Hall–Kier alpha value is -3.85. The monoisotopic (exact) mass is 638 g/mol. The number of carbonyl (C=O) groups excluding carboxylic acids is 5. The molecule has 5 atom stereocenters. The van der Waals surface area contributed by atoms with Crippen molar-refractivity contribution in [2.75, 3.05) is 27.2 Å². The van der Waals surface area contributed by atoms with Crippen molar-refractivity contribution in [3.63, 3.8) is 0 Å². The van der Waals surface area contributed by atoms with Crippen LogP contribution in [0, 0.1) is 0 Å². The molecule has 0 bridgehead atoms. The van der Waals surface area contributed by atoms with Gasteiger partial charge in [-0.05, 0) is 39.2 Å². The SMILES string of the molecule is CC(=O)OC[C@H]1O[C@@H](c2cc3oc(=O)c(CNC(=O)CCN(C)C)cc3cc2Cl)[C@H](O)[C@@H](OC(C)=O)[C@@]1(OC(C)=O)C(C)=O. The minimum Gasteiger partial charge on any atom is -0.463 e. The maximum atomic E-state index is 13.1. The number of hydrogen-bond donors (Lipinski definition) is 2. The van der Waals surface area contributed by atoms with E-state index in [2.05, 4.69) is 5.32 Å². The molecule has 1 amide bonds. The highest BCUT2D eigenvalue weighted by Crippen LogP contribution is 2.44. The fourth-order valence-corrected chi connectivity index (χ4v) is 5.19. The van der Waals surface area contributed by atoms with E-state index in [9.17, 15) is 33.9 Å².